The van der Waals surface area contributed by atoms with Crippen molar-refractivity contribution in [3.8, 4) is 5.75 Å². The second-order valence-corrected chi connectivity index (χ2v) is 6.88. The van der Waals surface area contributed by atoms with Crippen molar-refractivity contribution in [3.63, 3.8) is 0 Å². The maximum absolute atomic E-state index is 12.7. The molecule has 142 valence electrons. The Balaban J connectivity index is 1.32. The molecule has 0 spiro atoms. The normalized spacial score (nSPS) is 15.4. The summed E-state index contributed by atoms with van der Waals surface area (Å²) in [6.45, 7) is 1.06. The largest absolute Gasteiger partial charge is 0.488 e. The molecule has 0 fully saturated rings. The summed E-state index contributed by atoms with van der Waals surface area (Å²) in [5, 5.41) is 8.08. The third kappa shape index (κ3) is 4.11. The number of carbonyl (C=O) groups is 1. The SMILES string of the molecule is CN(C[C@@H]1Cc2ccccc2O1)C(=O)c1cn(C/C=C/c2ccccc2)nn1. The van der Waals surface area contributed by atoms with E-state index in [1.54, 1.807) is 22.8 Å². The minimum atomic E-state index is -0.155. The highest BCUT2D eigenvalue weighted by Crippen LogP contribution is 2.28. The Kier molecular flexibility index (Phi) is 5.19. The smallest absolute Gasteiger partial charge is 0.275 e. The number of hydrogen-bond donors (Lipinski definition) is 0. The van der Waals surface area contributed by atoms with Gasteiger partial charge >= 0.3 is 0 Å². The van der Waals surface area contributed by atoms with Gasteiger partial charge in [0.25, 0.3) is 5.91 Å². The monoisotopic (exact) mass is 374 g/mol. The van der Waals surface area contributed by atoms with Crippen LogP contribution in [0, 0.1) is 0 Å². The van der Waals surface area contributed by atoms with Crippen LogP contribution in [0.2, 0.25) is 0 Å². The number of likely N-dealkylation sites (N-methyl/N-ethyl adjacent to an activating group) is 1. The lowest BCUT2D eigenvalue weighted by molar-refractivity contribution is 0.0724. The average molecular weight is 374 g/mol. The Morgan fingerprint density at radius 3 is 2.82 bits per heavy atom. The molecule has 1 amide bonds. The second kappa shape index (κ2) is 8.08. The van der Waals surface area contributed by atoms with Gasteiger partial charge in [-0.25, -0.2) is 4.68 Å². The third-order valence-electron chi connectivity index (χ3n) is 4.70. The van der Waals surface area contributed by atoms with Crippen LogP contribution in [0.1, 0.15) is 21.6 Å². The van der Waals surface area contributed by atoms with E-state index in [0.29, 0.717) is 18.8 Å². The number of amides is 1. The first-order valence-electron chi connectivity index (χ1n) is 9.31. The first-order valence-corrected chi connectivity index (χ1v) is 9.31. The molecule has 1 atom stereocenters. The zero-order valence-corrected chi connectivity index (χ0v) is 15.7. The Labute approximate surface area is 164 Å². The molecule has 1 aliphatic heterocycles. The van der Waals surface area contributed by atoms with Gasteiger partial charge in [-0.2, -0.15) is 0 Å². The predicted molar refractivity (Wildman–Crippen MR) is 107 cm³/mol. The fourth-order valence-electron chi connectivity index (χ4n) is 3.29. The fourth-order valence-corrected chi connectivity index (χ4v) is 3.29. The van der Waals surface area contributed by atoms with Gasteiger partial charge in [0.05, 0.1) is 19.3 Å². The molecule has 0 N–H and O–H groups in total. The van der Waals surface area contributed by atoms with Crippen molar-refractivity contribution >= 4 is 12.0 Å². The van der Waals surface area contributed by atoms with E-state index >= 15 is 0 Å². The third-order valence-corrected chi connectivity index (χ3v) is 4.70. The van der Waals surface area contributed by atoms with Gasteiger partial charge in [-0.3, -0.25) is 4.79 Å². The maximum Gasteiger partial charge on any atom is 0.275 e. The van der Waals surface area contributed by atoms with E-state index in [4.69, 9.17) is 4.74 Å². The van der Waals surface area contributed by atoms with Gasteiger partial charge < -0.3 is 9.64 Å². The lowest BCUT2D eigenvalue weighted by atomic mass is 10.1. The molecule has 2 aromatic carbocycles. The first-order chi connectivity index (χ1) is 13.7. The summed E-state index contributed by atoms with van der Waals surface area (Å²) in [6.07, 6.45) is 6.47. The Morgan fingerprint density at radius 1 is 1.21 bits per heavy atom. The van der Waals surface area contributed by atoms with Crippen LogP contribution in [0.3, 0.4) is 0 Å². The predicted octanol–water partition coefficient (Wildman–Crippen LogP) is 3.07. The lowest BCUT2D eigenvalue weighted by Crippen LogP contribution is -2.36. The zero-order valence-electron chi connectivity index (χ0n) is 15.7. The number of fused-ring (bicyclic) bond motifs is 1. The van der Waals surface area contributed by atoms with Gasteiger partial charge in [-0.1, -0.05) is 65.9 Å². The highest BCUT2D eigenvalue weighted by Gasteiger charge is 2.26. The molecule has 28 heavy (non-hydrogen) atoms. The van der Waals surface area contributed by atoms with E-state index in [0.717, 1.165) is 17.7 Å². The van der Waals surface area contributed by atoms with Gasteiger partial charge in [0, 0.05) is 13.5 Å². The van der Waals surface area contributed by atoms with E-state index in [2.05, 4.69) is 16.4 Å². The number of benzene rings is 2. The molecule has 0 bridgehead atoms. The molecule has 1 aromatic heterocycles. The second-order valence-electron chi connectivity index (χ2n) is 6.88. The molecule has 6 nitrogen and oxygen atoms in total. The van der Waals surface area contributed by atoms with Crippen molar-refractivity contribution in [1.82, 2.24) is 19.9 Å². The number of nitrogens with zero attached hydrogens (tertiary/aromatic N) is 4. The van der Waals surface area contributed by atoms with Crippen LogP contribution >= 0.6 is 0 Å². The van der Waals surface area contributed by atoms with Crippen molar-refractivity contribution in [1.29, 1.82) is 0 Å². The molecular weight excluding hydrogens is 352 g/mol. The summed E-state index contributed by atoms with van der Waals surface area (Å²) in [7, 11) is 1.77. The topological polar surface area (TPSA) is 60.2 Å². The summed E-state index contributed by atoms with van der Waals surface area (Å²) in [5.41, 5.74) is 2.65. The van der Waals surface area contributed by atoms with Crippen LogP contribution in [-0.4, -0.2) is 45.5 Å². The van der Waals surface area contributed by atoms with Gasteiger partial charge in [-0.05, 0) is 17.2 Å². The summed E-state index contributed by atoms with van der Waals surface area (Å²) in [4.78, 5) is 14.3. The number of hydrogen-bond acceptors (Lipinski definition) is 4. The van der Waals surface area contributed by atoms with E-state index in [1.807, 2.05) is 60.7 Å². The van der Waals surface area contributed by atoms with Crippen LogP contribution in [-0.2, 0) is 13.0 Å². The van der Waals surface area contributed by atoms with Gasteiger partial charge in [0.15, 0.2) is 5.69 Å². The number of ether oxygens (including phenoxy) is 1. The molecule has 4 rings (SSSR count). The van der Waals surface area contributed by atoms with Crippen molar-refractivity contribution < 1.29 is 9.53 Å². The Morgan fingerprint density at radius 2 is 2.00 bits per heavy atom. The number of para-hydroxylation sites is 1. The van der Waals surface area contributed by atoms with Crippen molar-refractivity contribution in [3.05, 3.63) is 83.7 Å². The van der Waals surface area contributed by atoms with E-state index < -0.39 is 0 Å². The quantitative estimate of drug-likeness (QED) is 0.665. The minimum absolute atomic E-state index is 0.0322. The number of rotatable bonds is 6. The van der Waals surface area contributed by atoms with E-state index in [-0.39, 0.29) is 12.0 Å². The Bertz CT molecular complexity index is 956. The number of aromatic nitrogens is 3. The molecular formula is C22H22N4O2. The molecule has 0 saturated heterocycles. The summed E-state index contributed by atoms with van der Waals surface area (Å²) < 4.78 is 7.57. The summed E-state index contributed by atoms with van der Waals surface area (Å²) in [5.74, 6) is 0.752. The van der Waals surface area contributed by atoms with Crippen molar-refractivity contribution in [2.45, 2.75) is 19.1 Å². The molecule has 6 heteroatoms. The van der Waals surface area contributed by atoms with Gasteiger partial charge in [0.2, 0.25) is 0 Å². The lowest BCUT2D eigenvalue weighted by Gasteiger charge is -2.20. The van der Waals surface area contributed by atoms with E-state index in [1.165, 1.54) is 5.56 Å². The molecule has 0 saturated carbocycles. The van der Waals surface area contributed by atoms with Crippen molar-refractivity contribution in [2.75, 3.05) is 13.6 Å². The summed E-state index contributed by atoms with van der Waals surface area (Å²) in [6, 6.07) is 18.0. The minimum Gasteiger partial charge on any atom is -0.488 e. The highest BCUT2D eigenvalue weighted by atomic mass is 16.5. The fraction of sp³-hybridized carbons (Fsp3) is 0.227. The molecule has 0 radical (unpaired) electrons. The van der Waals surface area contributed by atoms with Crippen molar-refractivity contribution in [2.24, 2.45) is 0 Å². The Hall–Kier alpha value is -3.41. The van der Waals surface area contributed by atoms with Crippen LogP contribution in [0.5, 0.6) is 5.75 Å². The molecule has 0 aliphatic carbocycles. The van der Waals surface area contributed by atoms with Crippen LogP contribution < -0.4 is 4.74 Å². The van der Waals surface area contributed by atoms with Crippen LogP contribution in [0.4, 0.5) is 0 Å². The average Bonchev–Trinajstić information content (AvgIpc) is 3.34. The molecule has 0 unspecified atom stereocenters. The summed E-state index contributed by atoms with van der Waals surface area (Å²) >= 11 is 0. The molecule has 3 aromatic rings. The van der Waals surface area contributed by atoms with Gasteiger partial charge in [0.1, 0.15) is 11.9 Å². The maximum atomic E-state index is 12.7. The van der Waals surface area contributed by atoms with Crippen LogP contribution in [0.25, 0.3) is 6.08 Å². The first kappa shape index (κ1) is 18.0. The van der Waals surface area contributed by atoms with Gasteiger partial charge in [-0.15, -0.1) is 5.10 Å². The molecule has 1 aliphatic rings. The van der Waals surface area contributed by atoms with E-state index in [9.17, 15) is 4.79 Å². The van der Waals surface area contributed by atoms with Crippen LogP contribution in [0.15, 0.2) is 66.9 Å². The molecule has 2 heterocycles. The number of carbonyl (C=O) groups excluding carboxylic acids is 1. The standard InChI is InChI=1S/C22H22N4O2/c1-25(15-19-14-18-11-5-6-12-21(18)28-19)22(27)20-16-26(24-23-20)13-7-10-17-8-3-2-4-9-17/h2-12,16,19H,13-15H2,1H3/b10-7+/t19-/m0/s1. The number of allylic oxidation sites excluding steroid dienone is 1. The zero-order chi connectivity index (χ0) is 19.3. The highest BCUT2D eigenvalue weighted by molar-refractivity contribution is 5.91.